The van der Waals surface area contributed by atoms with Crippen molar-refractivity contribution in [2.75, 3.05) is 12.3 Å². The molecule has 0 saturated carbocycles. The van der Waals surface area contributed by atoms with Gasteiger partial charge in [0, 0.05) is 5.69 Å². The number of halogens is 2. The summed E-state index contributed by atoms with van der Waals surface area (Å²) in [6.07, 6.45) is -2.64. The van der Waals surface area contributed by atoms with Crippen LogP contribution in [0.1, 0.15) is 18.9 Å². The molecule has 0 atom stereocenters. The zero-order valence-electron chi connectivity index (χ0n) is 11.0. The lowest BCUT2D eigenvalue weighted by Gasteiger charge is -2.12. The molecule has 5 heteroatoms. The summed E-state index contributed by atoms with van der Waals surface area (Å²) in [7, 11) is 0. The Bertz CT molecular complexity index is 571. The molecule has 0 bridgehead atoms. The van der Waals surface area contributed by atoms with E-state index < -0.39 is 6.43 Å². The van der Waals surface area contributed by atoms with E-state index >= 15 is 0 Å². The van der Waals surface area contributed by atoms with Gasteiger partial charge in [-0.2, -0.15) is 0 Å². The van der Waals surface area contributed by atoms with Crippen LogP contribution in [0.3, 0.4) is 0 Å². The van der Waals surface area contributed by atoms with Crippen LogP contribution in [0, 0.1) is 0 Å². The minimum atomic E-state index is -2.64. The molecule has 0 aromatic heterocycles. The first-order valence-electron chi connectivity index (χ1n) is 6.18. The maximum absolute atomic E-state index is 12.9. The van der Waals surface area contributed by atoms with Gasteiger partial charge in [0.15, 0.2) is 0 Å². The van der Waals surface area contributed by atoms with Crippen LogP contribution in [0.2, 0.25) is 0 Å². The van der Waals surface area contributed by atoms with Crippen LogP contribution in [0.15, 0.2) is 42.5 Å². The molecule has 0 unspecified atom stereocenters. The molecule has 0 amide bonds. The van der Waals surface area contributed by atoms with Gasteiger partial charge in [-0.15, -0.1) is 0 Å². The van der Waals surface area contributed by atoms with E-state index in [-0.39, 0.29) is 17.0 Å². The van der Waals surface area contributed by atoms with Crippen molar-refractivity contribution in [3.63, 3.8) is 0 Å². The van der Waals surface area contributed by atoms with Crippen molar-refractivity contribution >= 4 is 5.69 Å². The molecule has 2 N–H and O–H groups in total. The molecule has 2 aromatic rings. The summed E-state index contributed by atoms with van der Waals surface area (Å²) >= 11 is 0. The predicted octanol–water partition coefficient (Wildman–Crippen LogP) is 4.40. The largest absolute Gasteiger partial charge is 0.494 e. The maximum atomic E-state index is 12.9. The van der Waals surface area contributed by atoms with Gasteiger partial charge in [0.25, 0.3) is 6.43 Å². The molecule has 0 heterocycles. The summed E-state index contributed by atoms with van der Waals surface area (Å²) in [5, 5.41) is 0. The molecular formula is C15H15F2NO2. The highest BCUT2D eigenvalue weighted by molar-refractivity contribution is 5.49. The Labute approximate surface area is 115 Å². The Kier molecular flexibility index (Phi) is 4.40. The second kappa shape index (κ2) is 6.23. The van der Waals surface area contributed by atoms with Crippen LogP contribution < -0.4 is 15.2 Å². The number of hydrogen-bond acceptors (Lipinski definition) is 3. The second-order valence-corrected chi connectivity index (χ2v) is 4.10. The smallest absolute Gasteiger partial charge is 0.267 e. The lowest BCUT2D eigenvalue weighted by molar-refractivity contribution is 0.148. The fourth-order valence-electron chi connectivity index (χ4n) is 1.73. The number of alkyl halides is 2. The van der Waals surface area contributed by atoms with Crippen molar-refractivity contribution < 1.29 is 18.3 Å². The van der Waals surface area contributed by atoms with Crippen LogP contribution in [-0.4, -0.2) is 6.61 Å². The topological polar surface area (TPSA) is 44.5 Å². The number of benzene rings is 2. The zero-order valence-corrected chi connectivity index (χ0v) is 11.0. The average molecular weight is 279 g/mol. The lowest BCUT2D eigenvalue weighted by Crippen LogP contribution is -1.95. The van der Waals surface area contributed by atoms with Crippen LogP contribution in [0.5, 0.6) is 17.2 Å². The molecule has 2 aromatic carbocycles. The van der Waals surface area contributed by atoms with Crippen molar-refractivity contribution in [3.8, 4) is 17.2 Å². The highest BCUT2D eigenvalue weighted by Gasteiger charge is 2.15. The molecule has 106 valence electrons. The number of nitrogens with two attached hydrogens (primary N) is 1. The average Bonchev–Trinajstić information content (AvgIpc) is 2.43. The summed E-state index contributed by atoms with van der Waals surface area (Å²) in [5.74, 6) is 1.25. The van der Waals surface area contributed by atoms with Gasteiger partial charge in [0.1, 0.15) is 17.2 Å². The van der Waals surface area contributed by atoms with Gasteiger partial charge in [-0.25, -0.2) is 8.78 Å². The van der Waals surface area contributed by atoms with Crippen LogP contribution in [-0.2, 0) is 0 Å². The molecule has 0 aliphatic rings. The van der Waals surface area contributed by atoms with Crippen LogP contribution >= 0.6 is 0 Å². The third-order valence-corrected chi connectivity index (χ3v) is 2.63. The Balaban J connectivity index is 2.21. The Hall–Kier alpha value is -2.30. The first kappa shape index (κ1) is 14.1. The van der Waals surface area contributed by atoms with Gasteiger partial charge in [-0.3, -0.25) is 0 Å². The summed E-state index contributed by atoms with van der Waals surface area (Å²) in [5.41, 5.74) is 5.56. The van der Waals surface area contributed by atoms with Crippen molar-refractivity contribution in [1.82, 2.24) is 0 Å². The quantitative estimate of drug-likeness (QED) is 0.825. The van der Waals surface area contributed by atoms with E-state index in [4.69, 9.17) is 15.2 Å². The van der Waals surface area contributed by atoms with Gasteiger partial charge in [-0.05, 0) is 49.4 Å². The standard InChI is InChI=1S/C15H15F2NO2/c1-2-19-11-4-6-12(7-5-11)20-14-8-3-10(18)9-13(14)15(16)17/h3-9,15H,2,18H2,1H3. The highest BCUT2D eigenvalue weighted by Crippen LogP contribution is 2.34. The molecule has 0 radical (unpaired) electrons. The zero-order chi connectivity index (χ0) is 14.5. The molecular weight excluding hydrogens is 264 g/mol. The molecule has 0 spiro atoms. The number of nitrogen functional groups attached to an aromatic ring is 1. The SMILES string of the molecule is CCOc1ccc(Oc2ccc(N)cc2C(F)F)cc1. The fourth-order valence-corrected chi connectivity index (χ4v) is 1.73. The van der Waals surface area contributed by atoms with Gasteiger partial charge in [0.2, 0.25) is 0 Å². The summed E-state index contributed by atoms with van der Waals surface area (Å²) in [4.78, 5) is 0. The van der Waals surface area contributed by atoms with Crippen molar-refractivity contribution in [2.24, 2.45) is 0 Å². The minimum Gasteiger partial charge on any atom is -0.494 e. The summed E-state index contributed by atoms with van der Waals surface area (Å²) < 4.78 is 36.6. The van der Waals surface area contributed by atoms with E-state index in [1.165, 1.54) is 18.2 Å². The third kappa shape index (κ3) is 3.38. The van der Waals surface area contributed by atoms with Gasteiger partial charge in [-0.1, -0.05) is 0 Å². The number of ether oxygens (including phenoxy) is 2. The highest BCUT2D eigenvalue weighted by atomic mass is 19.3. The molecule has 20 heavy (non-hydrogen) atoms. The first-order chi connectivity index (χ1) is 9.60. The van der Waals surface area contributed by atoms with Crippen LogP contribution in [0.25, 0.3) is 0 Å². The normalized spacial score (nSPS) is 10.6. The molecule has 0 fully saturated rings. The molecule has 0 aliphatic carbocycles. The number of anilines is 1. The van der Waals surface area contributed by atoms with Crippen molar-refractivity contribution in [2.45, 2.75) is 13.3 Å². The monoisotopic (exact) mass is 279 g/mol. The van der Waals surface area contributed by atoms with Crippen LogP contribution in [0.4, 0.5) is 14.5 Å². The van der Waals surface area contributed by atoms with Gasteiger partial charge >= 0.3 is 0 Å². The second-order valence-electron chi connectivity index (χ2n) is 4.10. The summed E-state index contributed by atoms with van der Waals surface area (Å²) in [6, 6.07) is 10.9. The van der Waals surface area contributed by atoms with Gasteiger partial charge in [0.05, 0.1) is 12.2 Å². The predicted molar refractivity (Wildman–Crippen MR) is 73.5 cm³/mol. The molecule has 2 rings (SSSR count). The van der Waals surface area contributed by atoms with E-state index in [9.17, 15) is 8.78 Å². The van der Waals surface area contributed by atoms with E-state index in [0.717, 1.165) is 0 Å². The van der Waals surface area contributed by atoms with E-state index in [1.807, 2.05) is 6.92 Å². The Morgan fingerprint density at radius 3 is 2.30 bits per heavy atom. The lowest BCUT2D eigenvalue weighted by atomic mass is 10.2. The molecule has 0 saturated heterocycles. The first-order valence-corrected chi connectivity index (χ1v) is 6.18. The van der Waals surface area contributed by atoms with Crippen molar-refractivity contribution in [1.29, 1.82) is 0 Å². The van der Waals surface area contributed by atoms with E-state index in [2.05, 4.69) is 0 Å². The third-order valence-electron chi connectivity index (χ3n) is 2.63. The molecule has 0 aliphatic heterocycles. The minimum absolute atomic E-state index is 0.0957. The Morgan fingerprint density at radius 1 is 1.05 bits per heavy atom. The van der Waals surface area contributed by atoms with Crippen molar-refractivity contribution in [3.05, 3.63) is 48.0 Å². The van der Waals surface area contributed by atoms with E-state index in [1.54, 1.807) is 24.3 Å². The molecule has 3 nitrogen and oxygen atoms in total. The number of hydrogen-bond donors (Lipinski definition) is 1. The Morgan fingerprint density at radius 2 is 1.70 bits per heavy atom. The fraction of sp³-hybridized carbons (Fsp3) is 0.200. The number of rotatable bonds is 5. The van der Waals surface area contributed by atoms with E-state index in [0.29, 0.717) is 18.1 Å². The summed E-state index contributed by atoms with van der Waals surface area (Å²) in [6.45, 7) is 2.45. The maximum Gasteiger partial charge on any atom is 0.267 e. The van der Waals surface area contributed by atoms with Gasteiger partial charge < -0.3 is 15.2 Å².